The Kier molecular flexibility index (Phi) is 26.5. The molecule has 0 amide bonds. The van der Waals surface area contributed by atoms with E-state index in [0.717, 1.165) is 25.7 Å². The van der Waals surface area contributed by atoms with Gasteiger partial charge in [-0.25, -0.2) is 0 Å². The highest BCUT2D eigenvalue weighted by molar-refractivity contribution is 5.15. The summed E-state index contributed by atoms with van der Waals surface area (Å²) in [4.78, 5) is 4.25. The van der Waals surface area contributed by atoms with Gasteiger partial charge in [0.2, 0.25) is 0 Å². The average molecular weight is 534 g/mol. The molecule has 0 saturated heterocycles. The molecular formula is C38H63N. The lowest BCUT2D eigenvalue weighted by Crippen LogP contribution is -2.00. The summed E-state index contributed by atoms with van der Waals surface area (Å²) in [5.41, 5.74) is 1.50. The zero-order chi connectivity index (χ0) is 27.9. The Labute approximate surface area is 245 Å². The van der Waals surface area contributed by atoms with Crippen LogP contribution in [0.25, 0.3) is 0 Å². The molecule has 0 N–H and O–H groups in total. The molecule has 1 heterocycles. The van der Waals surface area contributed by atoms with Gasteiger partial charge in [-0.1, -0.05) is 117 Å². The minimum absolute atomic E-state index is 0.708. The Balaban J connectivity index is 2.07. The van der Waals surface area contributed by atoms with E-state index in [1.165, 1.54) is 147 Å². The lowest BCUT2D eigenvalue weighted by molar-refractivity contribution is 0.488. The third-order valence-electron chi connectivity index (χ3n) is 7.95. The molecule has 220 valence electrons. The molecule has 0 bridgehead atoms. The molecule has 1 aromatic heterocycles. The van der Waals surface area contributed by atoms with E-state index in [1.807, 2.05) is 12.4 Å². The fourth-order valence-electron chi connectivity index (χ4n) is 5.37. The van der Waals surface area contributed by atoms with Crippen molar-refractivity contribution in [3.8, 4) is 23.7 Å². The summed E-state index contributed by atoms with van der Waals surface area (Å²) in [7, 11) is 0. The summed E-state index contributed by atoms with van der Waals surface area (Å²) in [5.74, 6) is 14.3. The van der Waals surface area contributed by atoms with Crippen molar-refractivity contribution in [2.24, 2.45) is 0 Å². The Hall–Kier alpha value is -1.73. The highest BCUT2D eigenvalue weighted by atomic mass is 14.6. The van der Waals surface area contributed by atoms with E-state index in [2.05, 4.69) is 54.6 Å². The third-order valence-corrected chi connectivity index (χ3v) is 7.95. The van der Waals surface area contributed by atoms with Crippen molar-refractivity contribution in [2.75, 3.05) is 0 Å². The Morgan fingerprint density at radius 2 is 0.795 bits per heavy atom. The molecule has 0 spiro atoms. The summed E-state index contributed by atoms with van der Waals surface area (Å²) in [6, 6.07) is 4.49. The first-order valence-electron chi connectivity index (χ1n) is 17.2. The zero-order valence-corrected chi connectivity index (χ0v) is 26.2. The van der Waals surface area contributed by atoms with E-state index in [0.29, 0.717) is 5.92 Å². The maximum absolute atomic E-state index is 4.25. The normalized spacial score (nSPS) is 10.7. The van der Waals surface area contributed by atoms with Crippen LogP contribution >= 0.6 is 0 Å². The van der Waals surface area contributed by atoms with Gasteiger partial charge in [-0.3, -0.25) is 4.98 Å². The third kappa shape index (κ3) is 23.8. The topological polar surface area (TPSA) is 12.9 Å². The quantitative estimate of drug-likeness (QED) is 0.0899. The van der Waals surface area contributed by atoms with Crippen LogP contribution in [0, 0.1) is 23.7 Å². The van der Waals surface area contributed by atoms with Crippen molar-refractivity contribution in [3.05, 3.63) is 30.1 Å². The smallest absolute Gasteiger partial charge is 0.0270 e. The van der Waals surface area contributed by atoms with E-state index >= 15 is 0 Å². The first kappa shape index (κ1) is 35.3. The molecule has 0 fully saturated rings. The van der Waals surface area contributed by atoms with Gasteiger partial charge in [0.1, 0.15) is 0 Å². The van der Waals surface area contributed by atoms with Crippen LogP contribution < -0.4 is 0 Å². The van der Waals surface area contributed by atoms with Gasteiger partial charge >= 0.3 is 0 Å². The Morgan fingerprint density at radius 3 is 1.18 bits per heavy atom. The number of unbranched alkanes of at least 4 members (excludes halogenated alkanes) is 20. The van der Waals surface area contributed by atoms with Gasteiger partial charge < -0.3 is 0 Å². The molecule has 39 heavy (non-hydrogen) atoms. The van der Waals surface area contributed by atoms with Crippen LogP contribution in [0.1, 0.15) is 192 Å². The van der Waals surface area contributed by atoms with Crippen LogP contribution in [0.2, 0.25) is 0 Å². The second-order valence-electron chi connectivity index (χ2n) is 11.6. The minimum Gasteiger partial charge on any atom is -0.265 e. The summed E-state index contributed by atoms with van der Waals surface area (Å²) in [5, 5.41) is 0. The molecule has 0 aromatic carbocycles. The fraction of sp³-hybridized carbons (Fsp3) is 0.763. The van der Waals surface area contributed by atoms with Crippen LogP contribution in [0.3, 0.4) is 0 Å². The molecular weight excluding hydrogens is 470 g/mol. The highest BCUT2D eigenvalue weighted by Gasteiger charge is 2.11. The molecule has 1 heteroatoms. The van der Waals surface area contributed by atoms with Gasteiger partial charge in [0, 0.05) is 38.1 Å². The molecule has 0 radical (unpaired) electrons. The summed E-state index contributed by atoms with van der Waals surface area (Å²) in [6.45, 7) is 4.55. The molecule has 1 nitrogen and oxygen atoms in total. The lowest BCUT2D eigenvalue weighted by atomic mass is 9.88. The van der Waals surface area contributed by atoms with E-state index in [1.54, 1.807) is 0 Å². The number of nitrogens with zero attached hydrogens (tertiary/aromatic N) is 1. The highest BCUT2D eigenvalue weighted by Crippen LogP contribution is 2.28. The van der Waals surface area contributed by atoms with Crippen LogP contribution in [-0.2, 0) is 0 Å². The van der Waals surface area contributed by atoms with Crippen LogP contribution in [-0.4, -0.2) is 4.98 Å². The molecule has 0 aliphatic heterocycles. The minimum atomic E-state index is 0.708. The predicted octanol–water partition coefficient (Wildman–Crippen LogP) is 12.4. The van der Waals surface area contributed by atoms with E-state index in [9.17, 15) is 0 Å². The van der Waals surface area contributed by atoms with Gasteiger partial charge in [0.15, 0.2) is 0 Å². The van der Waals surface area contributed by atoms with Crippen molar-refractivity contribution < 1.29 is 0 Å². The van der Waals surface area contributed by atoms with Crippen molar-refractivity contribution >= 4 is 0 Å². The van der Waals surface area contributed by atoms with Gasteiger partial charge in [0.25, 0.3) is 0 Å². The van der Waals surface area contributed by atoms with Gasteiger partial charge in [0.05, 0.1) is 0 Å². The standard InChI is InChI=1S/C38H63N/c1-3-5-7-9-11-13-15-17-19-21-23-25-27-29-31-37(38-33-35-39-36-34-38)32-30-28-26-24-22-20-18-16-14-12-10-8-6-4-2/h33-37H,3-14,19-32H2,1-2H3. The zero-order valence-electron chi connectivity index (χ0n) is 26.2. The van der Waals surface area contributed by atoms with Crippen molar-refractivity contribution in [2.45, 2.75) is 187 Å². The Bertz CT molecular complexity index is 698. The van der Waals surface area contributed by atoms with E-state index in [-0.39, 0.29) is 0 Å². The average Bonchev–Trinajstić information content (AvgIpc) is 2.96. The van der Waals surface area contributed by atoms with Gasteiger partial charge in [-0.15, -0.1) is 23.7 Å². The largest absolute Gasteiger partial charge is 0.265 e. The fourth-order valence-corrected chi connectivity index (χ4v) is 5.37. The maximum atomic E-state index is 4.25. The molecule has 1 rings (SSSR count). The second-order valence-corrected chi connectivity index (χ2v) is 11.6. The molecule has 0 atom stereocenters. The van der Waals surface area contributed by atoms with Crippen molar-refractivity contribution in [1.82, 2.24) is 4.98 Å². The van der Waals surface area contributed by atoms with E-state index in [4.69, 9.17) is 0 Å². The molecule has 0 aliphatic carbocycles. The first-order chi connectivity index (χ1) is 19.4. The Morgan fingerprint density at radius 1 is 0.462 bits per heavy atom. The maximum Gasteiger partial charge on any atom is 0.0270 e. The van der Waals surface area contributed by atoms with E-state index < -0.39 is 0 Å². The van der Waals surface area contributed by atoms with Gasteiger partial charge in [-0.05, 0) is 62.1 Å². The monoisotopic (exact) mass is 533 g/mol. The van der Waals surface area contributed by atoms with Gasteiger partial charge in [-0.2, -0.15) is 0 Å². The SMILES string of the molecule is CCCCCCCC#CCCCCCCCC(CCCCCCCC#CCCCCCCC)c1ccncc1. The summed E-state index contributed by atoms with van der Waals surface area (Å²) in [6.07, 6.45) is 37.9. The molecule has 0 unspecified atom stereocenters. The number of rotatable bonds is 25. The van der Waals surface area contributed by atoms with Crippen LogP contribution in [0.5, 0.6) is 0 Å². The number of hydrogen-bond donors (Lipinski definition) is 0. The summed E-state index contributed by atoms with van der Waals surface area (Å²) >= 11 is 0. The van der Waals surface area contributed by atoms with Crippen LogP contribution in [0.15, 0.2) is 24.5 Å². The molecule has 0 aliphatic rings. The van der Waals surface area contributed by atoms with Crippen molar-refractivity contribution in [3.63, 3.8) is 0 Å². The first-order valence-corrected chi connectivity index (χ1v) is 17.2. The number of aromatic nitrogens is 1. The summed E-state index contributed by atoms with van der Waals surface area (Å²) < 4.78 is 0. The second kappa shape index (κ2) is 29.3. The number of hydrogen-bond acceptors (Lipinski definition) is 1. The lowest BCUT2D eigenvalue weighted by Gasteiger charge is -2.17. The predicted molar refractivity (Wildman–Crippen MR) is 174 cm³/mol. The molecule has 0 saturated carbocycles. The van der Waals surface area contributed by atoms with Crippen LogP contribution in [0.4, 0.5) is 0 Å². The van der Waals surface area contributed by atoms with Crippen molar-refractivity contribution in [1.29, 1.82) is 0 Å². The molecule has 1 aromatic rings. The number of pyridine rings is 1.